The first-order valence-electron chi connectivity index (χ1n) is 6.86. The van der Waals surface area contributed by atoms with Gasteiger partial charge in [-0.15, -0.1) is 11.8 Å². The number of thioether (sulfide) groups is 1. The molecule has 0 atom stereocenters. The van der Waals surface area contributed by atoms with Crippen molar-refractivity contribution in [1.29, 1.82) is 0 Å². The average Bonchev–Trinajstić information content (AvgIpc) is 2.54. The molecular formula is C16H15NO3S2. The minimum Gasteiger partial charge on any atom is -0.264 e. The lowest BCUT2D eigenvalue weighted by atomic mass is 10.1. The monoisotopic (exact) mass is 333 g/mol. The Morgan fingerprint density at radius 1 is 1.14 bits per heavy atom. The number of hydrogen-bond acceptors (Lipinski definition) is 5. The van der Waals surface area contributed by atoms with E-state index in [2.05, 4.69) is 5.16 Å². The van der Waals surface area contributed by atoms with Crippen molar-refractivity contribution in [3.8, 4) is 0 Å². The predicted molar refractivity (Wildman–Crippen MR) is 87.8 cm³/mol. The zero-order valence-corrected chi connectivity index (χ0v) is 13.7. The van der Waals surface area contributed by atoms with E-state index < -0.39 is 10.1 Å². The smallest absolute Gasteiger partial charge is 0.264 e. The maximum atomic E-state index is 12.1. The van der Waals surface area contributed by atoms with Gasteiger partial charge in [0, 0.05) is 22.6 Å². The van der Waals surface area contributed by atoms with Crippen LogP contribution in [0.1, 0.15) is 17.5 Å². The molecule has 0 aromatic heterocycles. The van der Waals surface area contributed by atoms with Gasteiger partial charge in [0.05, 0.1) is 5.71 Å². The van der Waals surface area contributed by atoms with Crippen molar-refractivity contribution in [2.45, 2.75) is 23.1 Å². The van der Waals surface area contributed by atoms with Gasteiger partial charge >= 0.3 is 10.1 Å². The number of hydrogen-bond donors (Lipinski definition) is 0. The van der Waals surface area contributed by atoms with Crippen LogP contribution in [0.15, 0.2) is 63.5 Å². The van der Waals surface area contributed by atoms with Crippen LogP contribution in [0, 0.1) is 6.92 Å². The summed E-state index contributed by atoms with van der Waals surface area (Å²) in [5.74, 6) is 0.865. The fourth-order valence-corrected chi connectivity index (χ4v) is 3.98. The van der Waals surface area contributed by atoms with Gasteiger partial charge in [-0.25, -0.2) is 0 Å². The van der Waals surface area contributed by atoms with Crippen LogP contribution in [0.25, 0.3) is 0 Å². The zero-order chi connectivity index (χ0) is 15.6. The van der Waals surface area contributed by atoms with E-state index in [4.69, 9.17) is 4.28 Å². The topological polar surface area (TPSA) is 55.7 Å². The van der Waals surface area contributed by atoms with E-state index >= 15 is 0 Å². The normalized spacial score (nSPS) is 16.3. The quantitative estimate of drug-likeness (QED) is 0.805. The largest absolute Gasteiger partial charge is 0.358 e. The van der Waals surface area contributed by atoms with Crippen LogP contribution in [0.2, 0.25) is 0 Å². The summed E-state index contributed by atoms with van der Waals surface area (Å²) in [7, 11) is -3.87. The van der Waals surface area contributed by atoms with Crippen LogP contribution >= 0.6 is 11.8 Å². The molecular weight excluding hydrogens is 318 g/mol. The van der Waals surface area contributed by atoms with Crippen LogP contribution < -0.4 is 0 Å². The molecule has 0 radical (unpaired) electrons. The van der Waals surface area contributed by atoms with Crippen molar-refractivity contribution in [1.82, 2.24) is 0 Å². The third-order valence-corrected chi connectivity index (χ3v) is 5.52. The molecule has 6 heteroatoms. The van der Waals surface area contributed by atoms with E-state index in [1.165, 1.54) is 12.1 Å². The van der Waals surface area contributed by atoms with Crippen LogP contribution in [-0.4, -0.2) is 19.9 Å². The van der Waals surface area contributed by atoms with Crippen LogP contribution in [0.4, 0.5) is 0 Å². The maximum Gasteiger partial charge on any atom is 0.358 e. The van der Waals surface area contributed by atoms with E-state index in [1.807, 2.05) is 25.1 Å². The van der Waals surface area contributed by atoms with E-state index in [0.29, 0.717) is 12.1 Å². The van der Waals surface area contributed by atoms with Gasteiger partial charge in [-0.05, 0) is 31.2 Å². The number of rotatable bonds is 3. The fraction of sp³-hybridized carbons (Fsp3) is 0.188. The first-order valence-corrected chi connectivity index (χ1v) is 9.25. The summed E-state index contributed by atoms with van der Waals surface area (Å²) in [6, 6.07) is 14.1. The van der Waals surface area contributed by atoms with E-state index in [1.54, 1.807) is 30.0 Å². The molecule has 2 aromatic carbocycles. The highest BCUT2D eigenvalue weighted by molar-refractivity contribution is 7.99. The first-order chi connectivity index (χ1) is 10.6. The Labute approximate surface area is 134 Å². The maximum absolute atomic E-state index is 12.1. The highest BCUT2D eigenvalue weighted by Gasteiger charge is 2.20. The third-order valence-electron chi connectivity index (χ3n) is 3.32. The molecule has 1 aliphatic rings. The molecule has 0 aliphatic carbocycles. The molecule has 0 saturated heterocycles. The van der Waals surface area contributed by atoms with Gasteiger partial charge in [-0.1, -0.05) is 35.0 Å². The SMILES string of the molecule is Cc1ccc2c(c1)/C(=N\OS(=O)(=O)c1ccccc1)CCS2. The Hall–Kier alpha value is -1.79. The molecule has 0 unspecified atom stereocenters. The molecule has 0 fully saturated rings. The molecule has 3 rings (SSSR count). The summed E-state index contributed by atoms with van der Waals surface area (Å²) >= 11 is 1.75. The number of aryl methyl sites for hydroxylation is 1. The average molecular weight is 333 g/mol. The fourth-order valence-electron chi connectivity index (χ4n) is 2.21. The van der Waals surface area contributed by atoms with Crippen molar-refractivity contribution in [3.05, 3.63) is 59.7 Å². The van der Waals surface area contributed by atoms with Crippen molar-refractivity contribution in [2.24, 2.45) is 5.16 Å². The standard InChI is InChI=1S/C16H15NO3S2/c1-12-7-8-16-14(11-12)15(9-10-21-16)17-20-22(18,19)13-5-3-2-4-6-13/h2-8,11H,9-10H2,1H3/b17-15-. The molecule has 0 amide bonds. The molecule has 22 heavy (non-hydrogen) atoms. The Balaban J connectivity index is 1.90. The van der Waals surface area contributed by atoms with E-state index in [-0.39, 0.29) is 4.90 Å². The van der Waals surface area contributed by atoms with Gasteiger partial charge in [0.1, 0.15) is 4.90 Å². The summed E-state index contributed by atoms with van der Waals surface area (Å²) in [4.78, 5) is 1.21. The Morgan fingerprint density at radius 3 is 2.68 bits per heavy atom. The molecule has 2 aromatic rings. The molecule has 0 saturated carbocycles. The lowest BCUT2D eigenvalue weighted by Crippen LogP contribution is -2.12. The summed E-state index contributed by atoms with van der Waals surface area (Å²) in [5, 5.41) is 3.93. The molecule has 0 bridgehead atoms. The van der Waals surface area contributed by atoms with E-state index in [9.17, 15) is 8.42 Å². The lowest BCUT2D eigenvalue weighted by Gasteiger charge is -2.17. The van der Waals surface area contributed by atoms with Gasteiger partial charge in [0.15, 0.2) is 0 Å². The van der Waals surface area contributed by atoms with Crippen molar-refractivity contribution in [3.63, 3.8) is 0 Å². The molecule has 1 heterocycles. The summed E-state index contributed by atoms with van der Waals surface area (Å²) in [5.41, 5.74) is 2.75. The van der Waals surface area contributed by atoms with Gasteiger partial charge in [-0.3, -0.25) is 4.28 Å². The van der Waals surface area contributed by atoms with Crippen LogP contribution in [-0.2, 0) is 14.4 Å². The summed E-state index contributed by atoms with van der Waals surface area (Å²) in [6.07, 6.45) is 0.686. The van der Waals surface area contributed by atoms with Gasteiger partial charge in [0.25, 0.3) is 0 Å². The minimum absolute atomic E-state index is 0.106. The van der Waals surface area contributed by atoms with Gasteiger partial charge in [0.2, 0.25) is 0 Å². The second kappa shape index (κ2) is 6.14. The molecule has 0 spiro atoms. The Bertz CT molecular complexity index is 815. The van der Waals surface area contributed by atoms with Crippen molar-refractivity contribution < 1.29 is 12.7 Å². The molecule has 114 valence electrons. The second-order valence-corrected chi connectivity index (χ2v) is 7.64. The van der Waals surface area contributed by atoms with E-state index in [0.717, 1.165) is 21.8 Å². The zero-order valence-electron chi connectivity index (χ0n) is 12.0. The Kier molecular flexibility index (Phi) is 4.22. The number of oxime groups is 1. The van der Waals surface area contributed by atoms with Gasteiger partial charge < -0.3 is 0 Å². The van der Waals surface area contributed by atoms with Crippen molar-refractivity contribution >= 4 is 27.6 Å². The predicted octanol–water partition coefficient (Wildman–Crippen LogP) is 3.60. The summed E-state index contributed by atoms with van der Waals surface area (Å²) < 4.78 is 29.1. The third kappa shape index (κ3) is 3.18. The lowest BCUT2D eigenvalue weighted by molar-refractivity contribution is 0.338. The number of benzene rings is 2. The minimum atomic E-state index is -3.87. The number of nitrogens with zero attached hydrogens (tertiary/aromatic N) is 1. The van der Waals surface area contributed by atoms with Crippen LogP contribution in [0.5, 0.6) is 0 Å². The molecule has 4 nitrogen and oxygen atoms in total. The molecule has 0 N–H and O–H groups in total. The first kappa shape index (κ1) is 15.1. The van der Waals surface area contributed by atoms with Gasteiger partial charge in [-0.2, -0.15) is 8.42 Å². The van der Waals surface area contributed by atoms with Crippen molar-refractivity contribution in [2.75, 3.05) is 5.75 Å². The molecule has 1 aliphatic heterocycles. The van der Waals surface area contributed by atoms with Crippen LogP contribution in [0.3, 0.4) is 0 Å². The Morgan fingerprint density at radius 2 is 1.91 bits per heavy atom. The number of fused-ring (bicyclic) bond motifs is 1. The highest BCUT2D eigenvalue weighted by Crippen LogP contribution is 2.31. The highest BCUT2D eigenvalue weighted by atomic mass is 32.2. The second-order valence-electron chi connectivity index (χ2n) is 4.98. The summed E-state index contributed by atoms with van der Waals surface area (Å²) in [6.45, 7) is 2.00.